The average Bonchev–Trinajstić information content (AvgIpc) is 2.08. The van der Waals surface area contributed by atoms with Crippen molar-refractivity contribution in [2.45, 2.75) is 33.1 Å². The van der Waals surface area contributed by atoms with Crippen molar-refractivity contribution >= 4 is 11.9 Å². The molecule has 0 spiro atoms. The minimum absolute atomic E-state index is 0.0677. The van der Waals surface area contributed by atoms with Crippen LogP contribution in [-0.4, -0.2) is 25.0 Å². The number of nitrogens with one attached hydrogen (secondary N) is 1. The van der Waals surface area contributed by atoms with E-state index in [9.17, 15) is 9.59 Å². The molecular formula is C9H17NO3. The molecule has 0 saturated heterocycles. The highest BCUT2D eigenvalue weighted by Gasteiger charge is 2.01. The van der Waals surface area contributed by atoms with Gasteiger partial charge in [0.2, 0.25) is 5.91 Å². The predicted octanol–water partition coefficient (Wildman–Crippen LogP) is 0.856. The van der Waals surface area contributed by atoms with E-state index in [1.54, 1.807) is 0 Å². The van der Waals surface area contributed by atoms with Gasteiger partial charge in [-0.3, -0.25) is 9.59 Å². The second kappa shape index (κ2) is 7.58. The molecule has 0 aromatic carbocycles. The average molecular weight is 187 g/mol. The molecule has 0 aliphatic carbocycles. The fourth-order valence-corrected chi connectivity index (χ4v) is 0.785. The van der Waals surface area contributed by atoms with Crippen LogP contribution < -0.4 is 5.32 Å². The highest BCUT2D eigenvalue weighted by Crippen LogP contribution is 1.92. The Balaban J connectivity index is 3.22. The molecule has 4 heteroatoms. The van der Waals surface area contributed by atoms with Crippen molar-refractivity contribution in [1.82, 2.24) is 5.32 Å². The van der Waals surface area contributed by atoms with Crippen LogP contribution in [0.1, 0.15) is 33.1 Å². The Labute approximate surface area is 78.6 Å². The van der Waals surface area contributed by atoms with Crippen molar-refractivity contribution in [1.29, 1.82) is 0 Å². The SMILES string of the molecule is CCCOC(=O)CCCNC(C)=O. The van der Waals surface area contributed by atoms with Crippen LogP contribution >= 0.6 is 0 Å². The van der Waals surface area contributed by atoms with Gasteiger partial charge in [-0.1, -0.05) is 6.92 Å². The van der Waals surface area contributed by atoms with Crippen molar-refractivity contribution in [3.8, 4) is 0 Å². The molecular weight excluding hydrogens is 170 g/mol. The molecule has 1 N–H and O–H groups in total. The van der Waals surface area contributed by atoms with Crippen molar-refractivity contribution < 1.29 is 14.3 Å². The second-order valence-electron chi connectivity index (χ2n) is 2.81. The Morgan fingerprint density at radius 2 is 2.08 bits per heavy atom. The third-order valence-electron chi connectivity index (χ3n) is 1.40. The van der Waals surface area contributed by atoms with Crippen molar-refractivity contribution in [3.05, 3.63) is 0 Å². The first kappa shape index (κ1) is 11.9. The molecule has 0 unspecified atom stereocenters. The zero-order valence-electron chi connectivity index (χ0n) is 8.26. The molecule has 0 aliphatic rings. The maximum Gasteiger partial charge on any atom is 0.305 e. The van der Waals surface area contributed by atoms with Gasteiger partial charge in [0.05, 0.1) is 6.61 Å². The number of amides is 1. The zero-order chi connectivity index (χ0) is 10.1. The molecule has 1 amide bonds. The highest BCUT2D eigenvalue weighted by molar-refractivity contribution is 5.73. The molecule has 0 aromatic rings. The van der Waals surface area contributed by atoms with E-state index in [1.807, 2.05) is 6.92 Å². The van der Waals surface area contributed by atoms with Gasteiger partial charge in [-0.15, -0.1) is 0 Å². The van der Waals surface area contributed by atoms with Gasteiger partial charge < -0.3 is 10.1 Å². The van der Waals surface area contributed by atoms with E-state index in [2.05, 4.69) is 5.32 Å². The standard InChI is InChI=1S/C9H17NO3/c1-3-7-13-9(12)5-4-6-10-8(2)11/h3-7H2,1-2H3,(H,10,11). The maximum atomic E-state index is 10.9. The summed E-state index contributed by atoms with van der Waals surface area (Å²) in [4.78, 5) is 21.3. The lowest BCUT2D eigenvalue weighted by Crippen LogP contribution is -2.21. The van der Waals surface area contributed by atoms with Crippen LogP contribution in [-0.2, 0) is 14.3 Å². The van der Waals surface area contributed by atoms with Gasteiger partial charge in [-0.25, -0.2) is 0 Å². The Morgan fingerprint density at radius 1 is 1.38 bits per heavy atom. The molecule has 0 fully saturated rings. The van der Waals surface area contributed by atoms with E-state index >= 15 is 0 Å². The molecule has 0 rings (SSSR count). The molecule has 0 bridgehead atoms. The smallest absolute Gasteiger partial charge is 0.305 e. The number of carbonyl (C=O) groups excluding carboxylic acids is 2. The lowest BCUT2D eigenvalue weighted by Gasteiger charge is -2.03. The molecule has 76 valence electrons. The molecule has 0 aromatic heterocycles. The van der Waals surface area contributed by atoms with Crippen LogP contribution in [0.4, 0.5) is 0 Å². The Hall–Kier alpha value is -1.06. The number of hydrogen-bond donors (Lipinski definition) is 1. The van der Waals surface area contributed by atoms with Crippen molar-refractivity contribution in [2.24, 2.45) is 0 Å². The summed E-state index contributed by atoms with van der Waals surface area (Å²) >= 11 is 0. The van der Waals surface area contributed by atoms with Crippen LogP contribution in [0.15, 0.2) is 0 Å². The Bertz CT molecular complexity index is 168. The molecule has 0 atom stereocenters. The summed E-state index contributed by atoms with van der Waals surface area (Å²) in [5.74, 6) is -0.255. The first-order valence-electron chi connectivity index (χ1n) is 4.57. The minimum atomic E-state index is -0.188. The summed E-state index contributed by atoms with van der Waals surface area (Å²) < 4.78 is 4.85. The van der Waals surface area contributed by atoms with E-state index in [4.69, 9.17) is 4.74 Å². The summed E-state index contributed by atoms with van der Waals surface area (Å²) in [5.41, 5.74) is 0. The normalized spacial score (nSPS) is 9.38. The van der Waals surface area contributed by atoms with Gasteiger partial charge >= 0.3 is 5.97 Å². The summed E-state index contributed by atoms with van der Waals surface area (Å²) in [5, 5.41) is 2.61. The first-order chi connectivity index (χ1) is 6.16. The quantitative estimate of drug-likeness (QED) is 0.495. The summed E-state index contributed by atoms with van der Waals surface area (Å²) in [6.07, 6.45) is 1.86. The highest BCUT2D eigenvalue weighted by atomic mass is 16.5. The lowest BCUT2D eigenvalue weighted by molar-refractivity contribution is -0.143. The molecule has 0 heterocycles. The van der Waals surface area contributed by atoms with Gasteiger partial charge in [0.15, 0.2) is 0 Å². The number of esters is 1. The van der Waals surface area contributed by atoms with Crippen LogP contribution in [0.2, 0.25) is 0 Å². The van der Waals surface area contributed by atoms with E-state index in [1.165, 1.54) is 6.92 Å². The Kier molecular flexibility index (Phi) is 6.96. The monoisotopic (exact) mass is 187 g/mol. The molecule has 0 aliphatic heterocycles. The second-order valence-corrected chi connectivity index (χ2v) is 2.81. The molecule has 0 radical (unpaired) electrons. The predicted molar refractivity (Wildman–Crippen MR) is 49.2 cm³/mol. The fourth-order valence-electron chi connectivity index (χ4n) is 0.785. The van der Waals surface area contributed by atoms with Crippen LogP contribution in [0.3, 0.4) is 0 Å². The van der Waals surface area contributed by atoms with Gasteiger partial charge in [0.1, 0.15) is 0 Å². The fraction of sp³-hybridized carbons (Fsp3) is 0.778. The summed E-state index contributed by atoms with van der Waals surface area (Å²) in [7, 11) is 0. The summed E-state index contributed by atoms with van der Waals surface area (Å²) in [6.45, 7) is 4.43. The maximum absolute atomic E-state index is 10.9. The summed E-state index contributed by atoms with van der Waals surface area (Å²) in [6, 6.07) is 0. The zero-order valence-corrected chi connectivity index (χ0v) is 8.26. The Morgan fingerprint density at radius 3 is 2.62 bits per heavy atom. The minimum Gasteiger partial charge on any atom is -0.466 e. The van der Waals surface area contributed by atoms with Crippen molar-refractivity contribution in [3.63, 3.8) is 0 Å². The van der Waals surface area contributed by atoms with Crippen LogP contribution in [0.25, 0.3) is 0 Å². The van der Waals surface area contributed by atoms with Gasteiger partial charge in [0.25, 0.3) is 0 Å². The van der Waals surface area contributed by atoms with E-state index in [0.29, 0.717) is 26.0 Å². The van der Waals surface area contributed by atoms with Crippen LogP contribution in [0, 0.1) is 0 Å². The number of hydrogen-bond acceptors (Lipinski definition) is 3. The van der Waals surface area contributed by atoms with E-state index < -0.39 is 0 Å². The van der Waals surface area contributed by atoms with E-state index in [0.717, 1.165) is 6.42 Å². The van der Waals surface area contributed by atoms with Gasteiger partial charge in [0, 0.05) is 19.9 Å². The third kappa shape index (κ3) is 8.85. The topological polar surface area (TPSA) is 55.4 Å². The van der Waals surface area contributed by atoms with Gasteiger partial charge in [-0.2, -0.15) is 0 Å². The molecule has 0 saturated carbocycles. The number of ether oxygens (including phenoxy) is 1. The lowest BCUT2D eigenvalue weighted by atomic mass is 10.3. The number of carbonyl (C=O) groups is 2. The van der Waals surface area contributed by atoms with Gasteiger partial charge in [-0.05, 0) is 12.8 Å². The third-order valence-corrected chi connectivity index (χ3v) is 1.40. The molecule has 13 heavy (non-hydrogen) atoms. The van der Waals surface area contributed by atoms with Crippen molar-refractivity contribution in [2.75, 3.05) is 13.2 Å². The number of rotatable bonds is 6. The first-order valence-corrected chi connectivity index (χ1v) is 4.57. The molecule has 4 nitrogen and oxygen atoms in total. The van der Waals surface area contributed by atoms with E-state index in [-0.39, 0.29) is 11.9 Å². The van der Waals surface area contributed by atoms with Crippen LogP contribution in [0.5, 0.6) is 0 Å². The largest absolute Gasteiger partial charge is 0.466 e.